The number of likely N-dealkylation sites (tertiary alicyclic amines) is 1. The molecule has 0 saturated carbocycles. The zero-order chi connectivity index (χ0) is 20.8. The second kappa shape index (κ2) is 7.11. The minimum absolute atomic E-state index is 0.100. The maximum absolute atomic E-state index is 10.4. The van der Waals surface area contributed by atoms with Gasteiger partial charge in [0.15, 0.2) is 5.01 Å². The highest BCUT2D eigenvalue weighted by molar-refractivity contribution is 7.18. The molecule has 3 heterocycles. The Balaban J connectivity index is 1.56. The van der Waals surface area contributed by atoms with E-state index in [4.69, 9.17) is 0 Å². The first-order chi connectivity index (χ1) is 13.7. The number of benzene rings is 1. The van der Waals surface area contributed by atoms with Crippen LogP contribution in [0.1, 0.15) is 40.5 Å². The monoisotopic (exact) mass is 412 g/mol. The lowest BCUT2D eigenvalue weighted by atomic mass is 9.77. The van der Waals surface area contributed by atoms with Crippen LogP contribution in [0.2, 0.25) is 0 Å². The zero-order valence-corrected chi connectivity index (χ0v) is 18.4. The summed E-state index contributed by atoms with van der Waals surface area (Å²) in [7, 11) is 2.20. The summed E-state index contributed by atoms with van der Waals surface area (Å²) in [6.45, 7) is 9.14. The summed E-state index contributed by atoms with van der Waals surface area (Å²) in [6, 6.07) is 7.57. The van der Waals surface area contributed by atoms with E-state index in [1.54, 1.807) is 16.9 Å². The predicted molar refractivity (Wildman–Crippen MR) is 117 cm³/mol. The Labute approximate surface area is 175 Å². The smallest absolute Gasteiger partial charge is 0.206 e. The SMILES string of the molecule is CN1C(C)(C)CC(Nc2nnc(-c3cc(-n4cccn4)ccc3O)s2)CC1(C)C. The van der Waals surface area contributed by atoms with E-state index >= 15 is 0 Å². The van der Waals surface area contributed by atoms with Crippen LogP contribution in [0.5, 0.6) is 5.75 Å². The number of hydrogen-bond donors (Lipinski definition) is 2. The van der Waals surface area contributed by atoms with Crippen molar-refractivity contribution in [2.75, 3.05) is 12.4 Å². The molecule has 4 rings (SSSR count). The van der Waals surface area contributed by atoms with Crippen LogP contribution in [0.3, 0.4) is 0 Å². The fourth-order valence-electron chi connectivity index (χ4n) is 4.30. The predicted octanol–water partition coefficient (Wildman–Crippen LogP) is 4.16. The van der Waals surface area contributed by atoms with Crippen LogP contribution in [0.4, 0.5) is 5.13 Å². The summed E-state index contributed by atoms with van der Waals surface area (Å²) < 4.78 is 1.76. The van der Waals surface area contributed by atoms with Gasteiger partial charge >= 0.3 is 0 Å². The average Bonchev–Trinajstić information content (AvgIpc) is 3.32. The molecule has 1 aromatic carbocycles. The summed E-state index contributed by atoms with van der Waals surface area (Å²) in [5, 5.41) is 28.3. The van der Waals surface area contributed by atoms with Gasteiger partial charge in [-0.2, -0.15) is 5.10 Å². The Morgan fingerprint density at radius 3 is 2.52 bits per heavy atom. The third-order valence-electron chi connectivity index (χ3n) is 6.04. The molecule has 154 valence electrons. The fraction of sp³-hybridized carbons (Fsp3) is 0.476. The Bertz CT molecular complexity index is 977. The molecular weight excluding hydrogens is 384 g/mol. The van der Waals surface area contributed by atoms with Crippen molar-refractivity contribution in [3.63, 3.8) is 0 Å². The van der Waals surface area contributed by atoms with Gasteiger partial charge in [0.05, 0.1) is 11.3 Å². The number of aromatic nitrogens is 4. The number of phenols is 1. The number of nitrogens with zero attached hydrogens (tertiary/aromatic N) is 5. The molecule has 2 N–H and O–H groups in total. The number of piperidine rings is 1. The van der Waals surface area contributed by atoms with Gasteiger partial charge in [0.2, 0.25) is 5.13 Å². The third kappa shape index (κ3) is 3.86. The number of phenolic OH excluding ortho intramolecular Hbond substituents is 1. The maximum atomic E-state index is 10.4. The van der Waals surface area contributed by atoms with Gasteiger partial charge < -0.3 is 10.4 Å². The largest absolute Gasteiger partial charge is 0.507 e. The molecular formula is C21H28N6OS. The van der Waals surface area contributed by atoms with E-state index in [9.17, 15) is 5.11 Å². The lowest BCUT2D eigenvalue weighted by molar-refractivity contribution is -0.00768. The van der Waals surface area contributed by atoms with Crippen molar-refractivity contribution in [1.82, 2.24) is 24.9 Å². The van der Waals surface area contributed by atoms with Gasteiger partial charge in [0, 0.05) is 29.5 Å². The standard InChI is InChI=1S/C21H28N6OS/c1-20(2)12-14(13-21(3,4)26(20)5)23-19-25-24-18(29-19)16-11-15(7-8-17(16)28)27-10-6-9-22-27/h6-11,14,28H,12-13H2,1-5H3,(H,23,25). The van der Waals surface area contributed by atoms with Gasteiger partial charge in [-0.05, 0) is 71.8 Å². The quantitative estimate of drug-likeness (QED) is 0.670. The fourth-order valence-corrected chi connectivity index (χ4v) is 5.14. The molecule has 1 fully saturated rings. The van der Waals surface area contributed by atoms with Crippen molar-refractivity contribution in [2.45, 2.75) is 57.7 Å². The Morgan fingerprint density at radius 2 is 1.86 bits per heavy atom. The van der Waals surface area contributed by atoms with Crippen LogP contribution in [0, 0.1) is 0 Å². The summed E-state index contributed by atoms with van der Waals surface area (Å²) in [5.41, 5.74) is 1.73. The van der Waals surface area contributed by atoms with Gasteiger partial charge in [-0.3, -0.25) is 4.90 Å². The van der Waals surface area contributed by atoms with E-state index < -0.39 is 0 Å². The Kier molecular flexibility index (Phi) is 4.86. The Hall–Kier alpha value is -2.45. The van der Waals surface area contributed by atoms with Crippen molar-refractivity contribution in [3.05, 3.63) is 36.7 Å². The van der Waals surface area contributed by atoms with Gasteiger partial charge in [-0.1, -0.05) is 11.3 Å². The first kappa shape index (κ1) is 19.8. The summed E-state index contributed by atoms with van der Waals surface area (Å²) in [4.78, 5) is 2.46. The van der Waals surface area contributed by atoms with Crippen LogP contribution in [-0.2, 0) is 0 Å². The van der Waals surface area contributed by atoms with Gasteiger partial charge in [0.25, 0.3) is 0 Å². The molecule has 0 bridgehead atoms. The minimum Gasteiger partial charge on any atom is -0.507 e. The van der Waals surface area contributed by atoms with Crippen molar-refractivity contribution in [3.8, 4) is 22.0 Å². The molecule has 1 aliphatic heterocycles. The number of aromatic hydroxyl groups is 1. The third-order valence-corrected chi connectivity index (χ3v) is 6.93. The van der Waals surface area contributed by atoms with Crippen LogP contribution >= 0.6 is 11.3 Å². The molecule has 0 atom stereocenters. The second-order valence-corrected chi connectivity index (χ2v) is 9.98. The number of rotatable bonds is 4. The average molecular weight is 413 g/mol. The number of nitrogens with one attached hydrogen (secondary N) is 1. The highest BCUT2D eigenvalue weighted by Crippen LogP contribution is 2.39. The first-order valence-electron chi connectivity index (χ1n) is 9.83. The van der Waals surface area contributed by atoms with Crippen molar-refractivity contribution in [2.24, 2.45) is 0 Å². The summed E-state index contributed by atoms with van der Waals surface area (Å²) in [6.07, 6.45) is 5.65. The molecule has 2 aromatic heterocycles. The highest BCUT2D eigenvalue weighted by atomic mass is 32.1. The van der Waals surface area contributed by atoms with Gasteiger partial charge in [0.1, 0.15) is 5.75 Å². The molecule has 1 aliphatic rings. The summed E-state index contributed by atoms with van der Waals surface area (Å²) >= 11 is 1.46. The minimum atomic E-state index is 0.100. The molecule has 0 radical (unpaired) electrons. The second-order valence-electron chi connectivity index (χ2n) is 9.00. The van der Waals surface area contributed by atoms with Gasteiger partial charge in [-0.15, -0.1) is 10.2 Å². The molecule has 1 saturated heterocycles. The number of anilines is 1. The van der Waals surface area contributed by atoms with Crippen molar-refractivity contribution >= 4 is 16.5 Å². The van der Waals surface area contributed by atoms with Crippen molar-refractivity contribution in [1.29, 1.82) is 0 Å². The first-order valence-corrected chi connectivity index (χ1v) is 10.6. The molecule has 3 aromatic rings. The number of hydrogen-bond acceptors (Lipinski definition) is 7. The van der Waals surface area contributed by atoms with E-state index in [0.717, 1.165) is 23.7 Å². The molecule has 0 spiro atoms. The van der Waals surface area contributed by atoms with E-state index in [0.29, 0.717) is 16.6 Å². The van der Waals surface area contributed by atoms with E-state index in [1.807, 2.05) is 24.4 Å². The maximum Gasteiger partial charge on any atom is 0.206 e. The van der Waals surface area contributed by atoms with E-state index in [2.05, 4.69) is 60.3 Å². The highest BCUT2D eigenvalue weighted by Gasteiger charge is 2.43. The molecule has 29 heavy (non-hydrogen) atoms. The molecule has 8 heteroatoms. The Morgan fingerprint density at radius 1 is 1.14 bits per heavy atom. The van der Waals surface area contributed by atoms with E-state index in [1.165, 1.54) is 11.3 Å². The van der Waals surface area contributed by atoms with Crippen LogP contribution in [-0.4, -0.2) is 54.2 Å². The normalized spacial score (nSPS) is 19.3. The lowest BCUT2D eigenvalue weighted by Gasteiger charge is -2.53. The summed E-state index contributed by atoms with van der Waals surface area (Å²) in [5.74, 6) is 0.185. The molecule has 7 nitrogen and oxygen atoms in total. The molecule has 0 aliphatic carbocycles. The molecule has 0 amide bonds. The van der Waals surface area contributed by atoms with E-state index in [-0.39, 0.29) is 16.8 Å². The zero-order valence-electron chi connectivity index (χ0n) is 17.5. The van der Waals surface area contributed by atoms with Crippen LogP contribution < -0.4 is 5.32 Å². The topological polar surface area (TPSA) is 79.1 Å². The lowest BCUT2D eigenvalue weighted by Crippen LogP contribution is -2.61. The van der Waals surface area contributed by atoms with Crippen molar-refractivity contribution < 1.29 is 5.11 Å². The molecule has 0 unspecified atom stereocenters. The van der Waals surface area contributed by atoms with Crippen LogP contribution in [0.15, 0.2) is 36.7 Å². The van der Waals surface area contributed by atoms with Crippen LogP contribution in [0.25, 0.3) is 16.3 Å². The van der Waals surface area contributed by atoms with Gasteiger partial charge in [-0.25, -0.2) is 4.68 Å².